The maximum atomic E-state index is 12.2. The molecule has 1 aliphatic rings. The molecule has 1 heterocycles. The van der Waals surface area contributed by atoms with Crippen LogP contribution in [0, 0.1) is 6.92 Å². The van der Waals surface area contributed by atoms with E-state index in [1.165, 1.54) is 0 Å². The number of nitrogens with one attached hydrogen (secondary N) is 3. The Kier molecular flexibility index (Phi) is 11.5. The van der Waals surface area contributed by atoms with Gasteiger partial charge in [-0.2, -0.15) is 0 Å². The summed E-state index contributed by atoms with van der Waals surface area (Å²) in [6.45, 7) is 14.5. The van der Waals surface area contributed by atoms with Crippen LogP contribution in [-0.4, -0.2) is 74.8 Å². The molecule has 0 atom stereocenters. The average Bonchev–Trinajstić information content (AvgIpc) is 2.69. The van der Waals surface area contributed by atoms with Gasteiger partial charge in [-0.15, -0.1) is 24.0 Å². The van der Waals surface area contributed by atoms with Crippen LogP contribution in [0.5, 0.6) is 0 Å². The van der Waals surface area contributed by atoms with Gasteiger partial charge in [-0.3, -0.25) is 14.7 Å². The number of halogens is 1. The number of aryl methyl sites for hydroxylation is 1. The molecule has 0 radical (unpaired) electrons. The van der Waals surface area contributed by atoms with Crippen LogP contribution in [0.3, 0.4) is 0 Å². The zero-order valence-corrected chi connectivity index (χ0v) is 20.4. The van der Waals surface area contributed by atoms with Crippen LogP contribution >= 0.6 is 24.0 Å². The highest BCUT2D eigenvalue weighted by Crippen LogP contribution is 2.16. The predicted molar refractivity (Wildman–Crippen MR) is 129 cm³/mol. The van der Waals surface area contributed by atoms with Crippen molar-refractivity contribution in [2.75, 3.05) is 52.5 Å². The van der Waals surface area contributed by atoms with Crippen LogP contribution in [0.15, 0.2) is 29.3 Å². The molecule has 7 nitrogen and oxygen atoms in total. The van der Waals surface area contributed by atoms with Crippen molar-refractivity contribution < 1.29 is 9.53 Å². The van der Waals surface area contributed by atoms with E-state index >= 15 is 0 Å². The lowest BCUT2D eigenvalue weighted by atomic mass is 10.0. The summed E-state index contributed by atoms with van der Waals surface area (Å²) in [5, 5.41) is 9.51. The van der Waals surface area contributed by atoms with E-state index in [1.54, 1.807) is 0 Å². The van der Waals surface area contributed by atoms with Crippen LogP contribution in [-0.2, 0) is 4.74 Å². The van der Waals surface area contributed by atoms with Gasteiger partial charge in [0.15, 0.2) is 5.96 Å². The number of carbonyl (C=O) groups is 1. The minimum atomic E-state index is -0.0547. The number of ether oxygens (including phenoxy) is 1. The van der Waals surface area contributed by atoms with Gasteiger partial charge in [-0.05, 0) is 39.8 Å². The summed E-state index contributed by atoms with van der Waals surface area (Å²) in [7, 11) is 0. The number of benzene rings is 1. The first-order valence-electron chi connectivity index (χ1n) is 10.1. The fourth-order valence-corrected chi connectivity index (χ4v) is 3.13. The Morgan fingerprint density at radius 1 is 1.17 bits per heavy atom. The third kappa shape index (κ3) is 8.88. The monoisotopic (exact) mass is 517 g/mol. The minimum Gasteiger partial charge on any atom is -0.379 e. The molecule has 3 N–H and O–H groups in total. The van der Waals surface area contributed by atoms with Gasteiger partial charge in [0, 0.05) is 43.8 Å². The number of nitrogens with zero attached hydrogens (tertiary/aromatic N) is 2. The molecule has 8 heteroatoms. The average molecular weight is 517 g/mol. The van der Waals surface area contributed by atoms with Crippen molar-refractivity contribution in [2.45, 2.75) is 33.2 Å². The fourth-order valence-electron chi connectivity index (χ4n) is 3.13. The number of hydrogen-bond acceptors (Lipinski definition) is 4. The highest BCUT2D eigenvalue weighted by molar-refractivity contribution is 14.0. The molecule has 0 unspecified atom stereocenters. The molecule has 0 aromatic heterocycles. The van der Waals surface area contributed by atoms with Gasteiger partial charge in [0.2, 0.25) is 0 Å². The number of carbonyl (C=O) groups excluding carboxylic acids is 1. The first kappa shape index (κ1) is 25.6. The lowest BCUT2D eigenvalue weighted by Gasteiger charge is -2.39. The van der Waals surface area contributed by atoms with Gasteiger partial charge in [0.05, 0.1) is 19.8 Å². The topological polar surface area (TPSA) is 78.0 Å². The standard InChI is InChI=1S/C21H35N5O2.HI/c1-5-22-20(25-16-21(3,4)26-11-13-28-14-12-26)24-10-9-23-19(27)18-8-6-7-17(2)15-18;/h6-8,15H,5,9-14,16H2,1-4H3,(H,23,27)(H2,22,24,25);1H. The zero-order chi connectivity index (χ0) is 20.4. The number of rotatable bonds is 8. The Hall–Kier alpha value is -1.39. The summed E-state index contributed by atoms with van der Waals surface area (Å²) >= 11 is 0. The van der Waals surface area contributed by atoms with Crippen molar-refractivity contribution in [3.8, 4) is 0 Å². The molecule has 1 fully saturated rings. The second-order valence-corrected chi connectivity index (χ2v) is 7.66. The van der Waals surface area contributed by atoms with Crippen molar-refractivity contribution >= 4 is 35.8 Å². The first-order chi connectivity index (χ1) is 13.4. The molecule has 1 aromatic carbocycles. The van der Waals surface area contributed by atoms with Gasteiger partial charge < -0.3 is 20.7 Å². The molecule has 0 aliphatic carbocycles. The van der Waals surface area contributed by atoms with E-state index in [0.717, 1.165) is 44.4 Å². The first-order valence-corrected chi connectivity index (χ1v) is 10.1. The quantitative estimate of drug-likeness (QED) is 0.213. The Labute approximate surface area is 192 Å². The molecule has 0 spiro atoms. The molecule has 1 amide bonds. The van der Waals surface area contributed by atoms with Crippen LogP contribution in [0.1, 0.15) is 36.7 Å². The Bertz CT molecular complexity index is 660. The van der Waals surface area contributed by atoms with Crippen LogP contribution in [0.25, 0.3) is 0 Å². The zero-order valence-electron chi connectivity index (χ0n) is 18.1. The molecule has 29 heavy (non-hydrogen) atoms. The second kappa shape index (κ2) is 13.0. The highest BCUT2D eigenvalue weighted by Gasteiger charge is 2.28. The lowest BCUT2D eigenvalue weighted by molar-refractivity contribution is -0.00683. The van der Waals surface area contributed by atoms with E-state index in [0.29, 0.717) is 25.2 Å². The van der Waals surface area contributed by atoms with Crippen molar-refractivity contribution in [3.05, 3.63) is 35.4 Å². The Morgan fingerprint density at radius 2 is 1.86 bits per heavy atom. The third-order valence-corrected chi connectivity index (χ3v) is 4.82. The third-order valence-electron chi connectivity index (χ3n) is 4.82. The van der Waals surface area contributed by atoms with E-state index in [2.05, 4.69) is 34.7 Å². The van der Waals surface area contributed by atoms with E-state index in [1.807, 2.05) is 38.1 Å². The summed E-state index contributed by atoms with van der Waals surface area (Å²) in [6, 6.07) is 7.60. The number of morpholine rings is 1. The van der Waals surface area contributed by atoms with Gasteiger partial charge in [0.25, 0.3) is 5.91 Å². The number of guanidine groups is 1. The number of amides is 1. The van der Waals surface area contributed by atoms with Gasteiger partial charge in [-0.25, -0.2) is 0 Å². The van der Waals surface area contributed by atoms with E-state index in [4.69, 9.17) is 9.73 Å². The summed E-state index contributed by atoms with van der Waals surface area (Å²) < 4.78 is 5.45. The summed E-state index contributed by atoms with van der Waals surface area (Å²) in [5.41, 5.74) is 1.74. The SMILES string of the molecule is CCNC(=NCC(C)(C)N1CCOCC1)NCCNC(=O)c1cccc(C)c1.I. The molecule has 1 aromatic rings. The lowest BCUT2D eigenvalue weighted by Crippen LogP contribution is -2.52. The molecule has 1 saturated heterocycles. The van der Waals surface area contributed by atoms with Gasteiger partial charge >= 0.3 is 0 Å². The van der Waals surface area contributed by atoms with Crippen molar-refractivity contribution in [3.63, 3.8) is 0 Å². The van der Waals surface area contributed by atoms with E-state index < -0.39 is 0 Å². The fraction of sp³-hybridized carbons (Fsp3) is 0.619. The number of aliphatic imine (C=N–C) groups is 1. The molecular weight excluding hydrogens is 481 g/mol. The Balaban J connectivity index is 0.00000420. The summed E-state index contributed by atoms with van der Waals surface area (Å²) in [4.78, 5) is 19.4. The minimum absolute atomic E-state index is 0. The molecule has 164 valence electrons. The van der Waals surface area contributed by atoms with Crippen LogP contribution in [0.2, 0.25) is 0 Å². The van der Waals surface area contributed by atoms with E-state index in [-0.39, 0.29) is 35.4 Å². The Morgan fingerprint density at radius 3 is 2.52 bits per heavy atom. The summed E-state index contributed by atoms with van der Waals surface area (Å²) in [5.74, 6) is 0.717. The van der Waals surface area contributed by atoms with Crippen LogP contribution < -0.4 is 16.0 Å². The summed E-state index contributed by atoms with van der Waals surface area (Å²) in [6.07, 6.45) is 0. The smallest absolute Gasteiger partial charge is 0.251 e. The van der Waals surface area contributed by atoms with Gasteiger partial charge in [-0.1, -0.05) is 17.7 Å². The van der Waals surface area contributed by atoms with Crippen molar-refractivity contribution in [1.82, 2.24) is 20.9 Å². The van der Waals surface area contributed by atoms with Crippen LogP contribution in [0.4, 0.5) is 0 Å². The van der Waals surface area contributed by atoms with Crippen molar-refractivity contribution in [2.24, 2.45) is 4.99 Å². The van der Waals surface area contributed by atoms with Crippen molar-refractivity contribution in [1.29, 1.82) is 0 Å². The molecule has 1 aliphatic heterocycles. The number of hydrogen-bond donors (Lipinski definition) is 3. The molecule has 2 rings (SSSR count). The van der Waals surface area contributed by atoms with E-state index in [9.17, 15) is 4.79 Å². The maximum Gasteiger partial charge on any atom is 0.251 e. The molecule has 0 saturated carbocycles. The largest absolute Gasteiger partial charge is 0.379 e. The normalized spacial score (nSPS) is 15.4. The van der Waals surface area contributed by atoms with Gasteiger partial charge in [0.1, 0.15) is 0 Å². The molecular formula is C21H36IN5O2. The maximum absolute atomic E-state index is 12.2. The second-order valence-electron chi connectivity index (χ2n) is 7.66. The predicted octanol–water partition coefficient (Wildman–Crippen LogP) is 2.01. The molecule has 0 bridgehead atoms. The highest BCUT2D eigenvalue weighted by atomic mass is 127.